The van der Waals surface area contributed by atoms with E-state index < -0.39 is 5.97 Å². The Balaban J connectivity index is 1.51. The molecule has 0 aliphatic rings. The third-order valence-electron chi connectivity index (χ3n) is 3.89. The summed E-state index contributed by atoms with van der Waals surface area (Å²) in [5, 5.41) is 18.1. The number of ether oxygens (including phenoxy) is 1. The highest BCUT2D eigenvalue weighted by molar-refractivity contribution is 5.87. The van der Waals surface area contributed by atoms with Crippen molar-refractivity contribution in [1.82, 2.24) is 20.0 Å². The Hall–Kier alpha value is -3.74. The number of nitrogens with zero attached hydrogens (tertiary/aromatic N) is 4. The van der Waals surface area contributed by atoms with E-state index in [1.54, 1.807) is 29.2 Å². The number of aromatic nitrogens is 4. The first-order valence-electron chi connectivity index (χ1n) is 7.92. The molecule has 7 heteroatoms. The summed E-state index contributed by atoms with van der Waals surface area (Å²) >= 11 is 0. The van der Waals surface area contributed by atoms with Crippen LogP contribution < -0.4 is 4.74 Å². The standard InChI is InChI=1S/C19H14N4O3/c24-19(25)14-6-8-16(9-7-14)23-11-15(21-22-23)12-26-17-5-1-3-13-4-2-10-20-18(13)17/h1-11H,12H2,(H,24,25). The van der Waals surface area contributed by atoms with E-state index in [4.69, 9.17) is 9.84 Å². The first kappa shape index (κ1) is 15.8. The highest BCUT2D eigenvalue weighted by Gasteiger charge is 2.08. The van der Waals surface area contributed by atoms with Gasteiger partial charge in [-0.25, -0.2) is 9.48 Å². The Labute approximate surface area is 148 Å². The van der Waals surface area contributed by atoms with Gasteiger partial charge in [-0.15, -0.1) is 5.10 Å². The van der Waals surface area contributed by atoms with Crippen LogP contribution in [0, 0.1) is 0 Å². The maximum absolute atomic E-state index is 10.9. The summed E-state index contributed by atoms with van der Waals surface area (Å²) in [6, 6.07) is 16.0. The molecular formula is C19H14N4O3. The summed E-state index contributed by atoms with van der Waals surface area (Å²) in [6.07, 6.45) is 3.47. The van der Waals surface area contributed by atoms with Gasteiger partial charge in [0.15, 0.2) is 0 Å². The van der Waals surface area contributed by atoms with Gasteiger partial charge in [-0.2, -0.15) is 0 Å². The average molecular weight is 346 g/mol. The van der Waals surface area contributed by atoms with Crippen molar-refractivity contribution in [3.05, 3.63) is 78.2 Å². The van der Waals surface area contributed by atoms with Crippen molar-refractivity contribution in [3.63, 3.8) is 0 Å². The third-order valence-corrected chi connectivity index (χ3v) is 3.89. The van der Waals surface area contributed by atoms with Crippen LogP contribution in [-0.4, -0.2) is 31.1 Å². The van der Waals surface area contributed by atoms with Crippen LogP contribution in [0.4, 0.5) is 0 Å². The Kier molecular flexibility index (Phi) is 4.03. The van der Waals surface area contributed by atoms with Crippen LogP contribution in [0.5, 0.6) is 5.75 Å². The largest absolute Gasteiger partial charge is 0.485 e. The third kappa shape index (κ3) is 3.10. The Bertz CT molecular complexity index is 1070. The van der Waals surface area contributed by atoms with Crippen LogP contribution in [0.15, 0.2) is 67.0 Å². The van der Waals surface area contributed by atoms with Crippen LogP contribution in [0.3, 0.4) is 0 Å². The van der Waals surface area contributed by atoms with E-state index in [1.165, 1.54) is 12.1 Å². The van der Waals surface area contributed by atoms with E-state index in [2.05, 4.69) is 15.3 Å². The van der Waals surface area contributed by atoms with Crippen LogP contribution >= 0.6 is 0 Å². The van der Waals surface area contributed by atoms with Gasteiger partial charge in [0.1, 0.15) is 23.6 Å². The molecule has 0 bridgehead atoms. The van der Waals surface area contributed by atoms with Crippen molar-refractivity contribution in [3.8, 4) is 11.4 Å². The van der Waals surface area contributed by atoms with Crippen LogP contribution in [0.25, 0.3) is 16.6 Å². The molecule has 7 nitrogen and oxygen atoms in total. The number of hydrogen-bond donors (Lipinski definition) is 1. The highest BCUT2D eigenvalue weighted by atomic mass is 16.5. The molecule has 0 aliphatic heterocycles. The van der Waals surface area contributed by atoms with Gasteiger partial charge < -0.3 is 9.84 Å². The number of rotatable bonds is 5. The second-order valence-electron chi connectivity index (χ2n) is 5.63. The molecule has 0 aliphatic carbocycles. The smallest absolute Gasteiger partial charge is 0.335 e. The monoisotopic (exact) mass is 346 g/mol. The van der Waals surface area contributed by atoms with Gasteiger partial charge in [0, 0.05) is 11.6 Å². The van der Waals surface area contributed by atoms with Gasteiger partial charge in [-0.05, 0) is 36.4 Å². The molecule has 2 aromatic carbocycles. The average Bonchev–Trinajstić information content (AvgIpc) is 3.15. The Morgan fingerprint density at radius 3 is 2.69 bits per heavy atom. The van der Waals surface area contributed by atoms with Crippen molar-refractivity contribution in [1.29, 1.82) is 0 Å². The molecule has 4 rings (SSSR count). The Morgan fingerprint density at radius 1 is 1.08 bits per heavy atom. The molecule has 0 fully saturated rings. The van der Waals surface area contributed by atoms with Gasteiger partial charge in [0.25, 0.3) is 0 Å². The molecule has 0 saturated heterocycles. The molecule has 26 heavy (non-hydrogen) atoms. The van der Waals surface area contributed by atoms with E-state index in [-0.39, 0.29) is 12.2 Å². The molecule has 0 atom stereocenters. The van der Waals surface area contributed by atoms with Crippen molar-refractivity contribution >= 4 is 16.9 Å². The minimum atomic E-state index is -0.965. The van der Waals surface area contributed by atoms with Gasteiger partial charge >= 0.3 is 5.97 Å². The van der Waals surface area contributed by atoms with Crippen LogP contribution in [0.2, 0.25) is 0 Å². The number of fused-ring (bicyclic) bond motifs is 1. The van der Waals surface area contributed by atoms with Crippen molar-refractivity contribution in [2.24, 2.45) is 0 Å². The second kappa shape index (κ2) is 6.64. The SMILES string of the molecule is O=C(O)c1ccc(-n2cc(COc3cccc4cccnc34)nn2)cc1. The maximum atomic E-state index is 10.9. The summed E-state index contributed by atoms with van der Waals surface area (Å²) in [5.74, 6) is -0.281. The number of carboxylic acid groups (broad SMARTS) is 1. The second-order valence-corrected chi connectivity index (χ2v) is 5.63. The topological polar surface area (TPSA) is 90.1 Å². The number of hydrogen-bond acceptors (Lipinski definition) is 5. The number of aromatic carboxylic acids is 1. The quantitative estimate of drug-likeness (QED) is 0.597. The van der Waals surface area contributed by atoms with E-state index in [0.717, 1.165) is 16.6 Å². The van der Waals surface area contributed by atoms with Crippen molar-refractivity contribution in [2.75, 3.05) is 0 Å². The molecule has 0 radical (unpaired) electrons. The molecule has 0 spiro atoms. The number of pyridine rings is 1. The summed E-state index contributed by atoms with van der Waals surface area (Å²) in [5.41, 5.74) is 2.40. The molecule has 0 saturated carbocycles. The molecule has 0 unspecified atom stereocenters. The zero-order valence-electron chi connectivity index (χ0n) is 13.6. The molecule has 1 N–H and O–H groups in total. The Morgan fingerprint density at radius 2 is 1.88 bits per heavy atom. The fourth-order valence-corrected chi connectivity index (χ4v) is 2.59. The number of carbonyl (C=O) groups is 1. The van der Waals surface area contributed by atoms with E-state index in [9.17, 15) is 4.79 Å². The van der Waals surface area contributed by atoms with Gasteiger partial charge in [-0.1, -0.05) is 23.4 Å². The minimum Gasteiger partial charge on any atom is -0.485 e. The lowest BCUT2D eigenvalue weighted by molar-refractivity contribution is 0.0697. The first-order valence-corrected chi connectivity index (χ1v) is 7.92. The first-order chi connectivity index (χ1) is 12.7. The van der Waals surface area contributed by atoms with E-state index in [0.29, 0.717) is 11.4 Å². The summed E-state index contributed by atoms with van der Waals surface area (Å²) in [4.78, 5) is 15.3. The minimum absolute atomic E-state index is 0.223. The maximum Gasteiger partial charge on any atom is 0.335 e. The zero-order valence-corrected chi connectivity index (χ0v) is 13.6. The molecule has 4 aromatic rings. The summed E-state index contributed by atoms with van der Waals surface area (Å²) in [7, 11) is 0. The molecule has 2 heterocycles. The fraction of sp³-hybridized carbons (Fsp3) is 0.0526. The van der Waals surface area contributed by atoms with Gasteiger partial charge in [-0.3, -0.25) is 4.98 Å². The number of para-hydroxylation sites is 1. The molecule has 2 aromatic heterocycles. The predicted octanol–water partition coefficient (Wildman–Crippen LogP) is 3.09. The van der Waals surface area contributed by atoms with Crippen LogP contribution in [0.1, 0.15) is 16.1 Å². The van der Waals surface area contributed by atoms with Crippen molar-refractivity contribution < 1.29 is 14.6 Å². The molecular weight excluding hydrogens is 332 g/mol. The lowest BCUT2D eigenvalue weighted by atomic mass is 10.2. The van der Waals surface area contributed by atoms with Gasteiger partial charge in [0.05, 0.1) is 17.4 Å². The van der Waals surface area contributed by atoms with E-state index in [1.807, 2.05) is 30.3 Å². The number of carboxylic acids is 1. The predicted molar refractivity (Wildman–Crippen MR) is 94.4 cm³/mol. The summed E-state index contributed by atoms with van der Waals surface area (Å²) < 4.78 is 7.42. The molecule has 0 amide bonds. The van der Waals surface area contributed by atoms with E-state index >= 15 is 0 Å². The number of benzene rings is 2. The van der Waals surface area contributed by atoms with Gasteiger partial charge in [0.2, 0.25) is 0 Å². The molecule has 128 valence electrons. The lowest BCUT2D eigenvalue weighted by Crippen LogP contribution is -1.99. The van der Waals surface area contributed by atoms with Crippen molar-refractivity contribution in [2.45, 2.75) is 6.61 Å². The fourth-order valence-electron chi connectivity index (χ4n) is 2.59. The van der Waals surface area contributed by atoms with Crippen LogP contribution in [-0.2, 0) is 6.61 Å². The summed E-state index contributed by atoms with van der Waals surface area (Å²) in [6.45, 7) is 0.253. The zero-order chi connectivity index (χ0) is 17.9. The normalized spacial score (nSPS) is 10.8. The highest BCUT2D eigenvalue weighted by Crippen LogP contribution is 2.23. The lowest BCUT2D eigenvalue weighted by Gasteiger charge is -2.06.